The summed E-state index contributed by atoms with van der Waals surface area (Å²) in [7, 11) is 1.93. The van der Waals surface area contributed by atoms with Gasteiger partial charge in [-0.05, 0) is 25.0 Å². The Balaban J connectivity index is 3.24. The average molecular weight is 151 g/mol. The number of rotatable bonds is 2. The Morgan fingerprint density at radius 3 is 2.55 bits per heavy atom. The van der Waals surface area contributed by atoms with Crippen LogP contribution in [0.2, 0.25) is 0 Å². The standard InChI is InChI=1S/C9H13NO/c1-4-9-7(2)5-8(6-11)10(9)3/h5-6H,4H2,1-3H3. The van der Waals surface area contributed by atoms with Crippen LogP contribution < -0.4 is 0 Å². The number of aromatic nitrogens is 1. The van der Waals surface area contributed by atoms with Crippen molar-refractivity contribution in [1.29, 1.82) is 0 Å². The monoisotopic (exact) mass is 151 g/mol. The number of aldehydes is 1. The third kappa shape index (κ3) is 1.20. The van der Waals surface area contributed by atoms with Gasteiger partial charge < -0.3 is 4.57 Å². The molecule has 0 saturated carbocycles. The van der Waals surface area contributed by atoms with Crippen molar-refractivity contribution >= 4 is 6.29 Å². The number of nitrogens with zero attached hydrogens (tertiary/aromatic N) is 1. The lowest BCUT2D eigenvalue weighted by atomic mass is 10.2. The largest absolute Gasteiger partial charge is 0.345 e. The fraction of sp³-hybridized carbons (Fsp3) is 0.444. The molecular formula is C9H13NO. The second-order valence-electron chi connectivity index (χ2n) is 2.73. The Bertz CT molecular complexity index is 273. The Hall–Kier alpha value is -1.05. The topological polar surface area (TPSA) is 22.0 Å². The van der Waals surface area contributed by atoms with Gasteiger partial charge in [-0.2, -0.15) is 0 Å². The molecule has 0 aliphatic rings. The first-order valence-electron chi connectivity index (χ1n) is 3.81. The second kappa shape index (κ2) is 2.91. The highest BCUT2D eigenvalue weighted by molar-refractivity contribution is 5.73. The minimum absolute atomic E-state index is 0.763. The maximum absolute atomic E-state index is 10.5. The minimum Gasteiger partial charge on any atom is -0.345 e. The first-order chi connectivity index (χ1) is 5.20. The van der Waals surface area contributed by atoms with Gasteiger partial charge in [-0.1, -0.05) is 6.92 Å². The molecule has 0 spiro atoms. The van der Waals surface area contributed by atoms with Gasteiger partial charge in [0.1, 0.15) is 0 Å². The number of carbonyl (C=O) groups is 1. The number of aryl methyl sites for hydroxylation is 1. The van der Waals surface area contributed by atoms with Crippen LogP contribution >= 0.6 is 0 Å². The molecule has 2 nitrogen and oxygen atoms in total. The van der Waals surface area contributed by atoms with Crippen molar-refractivity contribution in [2.45, 2.75) is 20.3 Å². The van der Waals surface area contributed by atoms with E-state index in [-0.39, 0.29) is 0 Å². The molecule has 0 N–H and O–H groups in total. The summed E-state index contributed by atoms with van der Waals surface area (Å²) in [5.41, 5.74) is 3.21. The molecule has 0 amide bonds. The summed E-state index contributed by atoms with van der Waals surface area (Å²) < 4.78 is 1.95. The number of hydrogen-bond donors (Lipinski definition) is 0. The van der Waals surface area contributed by atoms with Gasteiger partial charge in [0, 0.05) is 12.7 Å². The number of carbonyl (C=O) groups excluding carboxylic acids is 1. The Morgan fingerprint density at radius 1 is 1.64 bits per heavy atom. The van der Waals surface area contributed by atoms with Gasteiger partial charge in [-0.3, -0.25) is 4.79 Å². The fourth-order valence-corrected chi connectivity index (χ4v) is 1.45. The van der Waals surface area contributed by atoms with Gasteiger partial charge in [0.2, 0.25) is 0 Å². The smallest absolute Gasteiger partial charge is 0.166 e. The van der Waals surface area contributed by atoms with E-state index in [4.69, 9.17) is 0 Å². The van der Waals surface area contributed by atoms with Crippen molar-refractivity contribution in [2.24, 2.45) is 7.05 Å². The summed E-state index contributed by atoms with van der Waals surface area (Å²) in [6.45, 7) is 4.13. The van der Waals surface area contributed by atoms with Crippen LogP contribution in [0, 0.1) is 6.92 Å². The number of hydrogen-bond acceptors (Lipinski definition) is 1. The lowest BCUT2D eigenvalue weighted by Gasteiger charge is -2.01. The Morgan fingerprint density at radius 2 is 2.27 bits per heavy atom. The van der Waals surface area contributed by atoms with E-state index in [0.29, 0.717) is 0 Å². The molecule has 0 saturated heterocycles. The van der Waals surface area contributed by atoms with E-state index < -0.39 is 0 Å². The van der Waals surface area contributed by atoms with Crippen LogP contribution in [0.3, 0.4) is 0 Å². The highest BCUT2D eigenvalue weighted by Crippen LogP contribution is 2.12. The summed E-state index contributed by atoms with van der Waals surface area (Å²) in [5.74, 6) is 0. The molecule has 0 radical (unpaired) electrons. The van der Waals surface area contributed by atoms with Gasteiger partial charge in [-0.25, -0.2) is 0 Å². The predicted octanol–water partition coefficient (Wildman–Crippen LogP) is 1.71. The second-order valence-corrected chi connectivity index (χ2v) is 2.73. The van der Waals surface area contributed by atoms with E-state index in [1.54, 1.807) is 0 Å². The molecule has 0 bridgehead atoms. The molecule has 1 aromatic rings. The van der Waals surface area contributed by atoms with Gasteiger partial charge in [0.05, 0.1) is 5.69 Å². The van der Waals surface area contributed by atoms with Crippen molar-refractivity contribution < 1.29 is 4.79 Å². The van der Waals surface area contributed by atoms with Crippen LogP contribution in [0.15, 0.2) is 6.07 Å². The van der Waals surface area contributed by atoms with Gasteiger partial charge in [0.25, 0.3) is 0 Å². The molecule has 60 valence electrons. The maximum atomic E-state index is 10.5. The molecule has 2 heteroatoms. The van der Waals surface area contributed by atoms with Gasteiger partial charge in [-0.15, -0.1) is 0 Å². The lowest BCUT2D eigenvalue weighted by Crippen LogP contribution is -1.99. The first-order valence-corrected chi connectivity index (χ1v) is 3.81. The summed E-state index contributed by atoms with van der Waals surface area (Å²) in [6, 6.07) is 1.92. The fourth-order valence-electron chi connectivity index (χ4n) is 1.45. The Kier molecular flexibility index (Phi) is 2.13. The van der Waals surface area contributed by atoms with Gasteiger partial charge >= 0.3 is 0 Å². The van der Waals surface area contributed by atoms with Crippen molar-refractivity contribution in [2.75, 3.05) is 0 Å². The quantitative estimate of drug-likeness (QED) is 0.590. The molecule has 0 fully saturated rings. The zero-order valence-corrected chi connectivity index (χ0v) is 7.22. The first kappa shape index (κ1) is 8.05. The van der Waals surface area contributed by atoms with E-state index >= 15 is 0 Å². The van der Waals surface area contributed by atoms with Crippen LogP contribution in [0.25, 0.3) is 0 Å². The van der Waals surface area contributed by atoms with E-state index in [2.05, 4.69) is 6.92 Å². The molecule has 0 aromatic carbocycles. The van der Waals surface area contributed by atoms with Crippen molar-refractivity contribution in [3.63, 3.8) is 0 Å². The van der Waals surface area contributed by atoms with Crippen LogP contribution in [0.4, 0.5) is 0 Å². The molecule has 0 unspecified atom stereocenters. The van der Waals surface area contributed by atoms with E-state index in [1.165, 1.54) is 11.3 Å². The SMILES string of the molecule is CCc1c(C)cc(C=O)n1C. The molecule has 11 heavy (non-hydrogen) atoms. The third-order valence-electron chi connectivity index (χ3n) is 2.07. The summed E-state index contributed by atoms with van der Waals surface area (Å²) in [6.07, 6.45) is 1.88. The summed E-state index contributed by atoms with van der Waals surface area (Å²) >= 11 is 0. The van der Waals surface area contributed by atoms with Crippen molar-refractivity contribution in [1.82, 2.24) is 4.57 Å². The lowest BCUT2D eigenvalue weighted by molar-refractivity contribution is 0.111. The molecule has 0 aliphatic heterocycles. The van der Waals surface area contributed by atoms with Crippen molar-refractivity contribution in [3.05, 3.63) is 23.0 Å². The highest BCUT2D eigenvalue weighted by atomic mass is 16.1. The van der Waals surface area contributed by atoms with Crippen LogP contribution in [0.5, 0.6) is 0 Å². The highest BCUT2D eigenvalue weighted by Gasteiger charge is 2.05. The van der Waals surface area contributed by atoms with E-state index in [1.807, 2.05) is 24.6 Å². The van der Waals surface area contributed by atoms with E-state index in [9.17, 15) is 4.79 Å². The maximum Gasteiger partial charge on any atom is 0.166 e. The molecule has 1 rings (SSSR count). The minimum atomic E-state index is 0.763. The van der Waals surface area contributed by atoms with Crippen LogP contribution in [-0.4, -0.2) is 10.9 Å². The van der Waals surface area contributed by atoms with Crippen LogP contribution in [-0.2, 0) is 13.5 Å². The molecule has 0 aliphatic carbocycles. The van der Waals surface area contributed by atoms with Gasteiger partial charge in [0.15, 0.2) is 6.29 Å². The molecular weight excluding hydrogens is 138 g/mol. The van der Waals surface area contributed by atoms with Crippen LogP contribution in [0.1, 0.15) is 28.7 Å². The predicted molar refractivity (Wildman–Crippen MR) is 44.9 cm³/mol. The zero-order valence-electron chi connectivity index (χ0n) is 7.22. The zero-order chi connectivity index (χ0) is 8.43. The summed E-state index contributed by atoms with van der Waals surface area (Å²) in [4.78, 5) is 10.5. The summed E-state index contributed by atoms with van der Waals surface area (Å²) in [5, 5.41) is 0. The molecule has 1 aromatic heterocycles. The molecule has 0 atom stereocenters. The average Bonchev–Trinajstić information content (AvgIpc) is 2.26. The third-order valence-corrected chi connectivity index (χ3v) is 2.07. The Labute approximate surface area is 66.8 Å². The normalized spacial score (nSPS) is 10.1. The van der Waals surface area contributed by atoms with E-state index in [0.717, 1.165) is 18.4 Å². The van der Waals surface area contributed by atoms with Crippen molar-refractivity contribution in [3.8, 4) is 0 Å². The molecule has 1 heterocycles.